The number of imidazole rings is 1. The summed E-state index contributed by atoms with van der Waals surface area (Å²) in [5.74, 6) is 0.991. The fourth-order valence-corrected chi connectivity index (χ4v) is 2.08. The molecule has 84 valence electrons. The Balaban J connectivity index is 2.31. The molecule has 0 saturated carbocycles. The number of aromatic nitrogens is 2. The van der Waals surface area contributed by atoms with Crippen molar-refractivity contribution in [2.75, 3.05) is 0 Å². The highest BCUT2D eigenvalue weighted by atomic mass is 16.3. The maximum absolute atomic E-state index is 9.35. The van der Waals surface area contributed by atoms with Crippen LogP contribution in [0.2, 0.25) is 0 Å². The zero-order valence-corrected chi connectivity index (χ0v) is 9.30. The van der Waals surface area contributed by atoms with Crippen LogP contribution in [0.5, 0.6) is 0 Å². The van der Waals surface area contributed by atoms with Crippen molar-refractivity contribution in [3.05, 3.63) is 60.4 Å². The van der Waals surface area contributed by atoms with Crippen LogP contribution in [0, 0.1) is 0 Å². The Labute approximate surface area is 99.0 Å². The molecule has 2 aromatic heterocycles. The van der Waals surface area contributed by atoms with Gasteiger partial charge in [-0.2, -0.15) is 4.40 Å². The summed E-state index contributed by atoms with van der Waals surface area (Å²) in [5.41, 5.74) is 2.95. The van der Waals surface area contributed by atoms with Crippen molar-refractivity contribution in [2.45, 2.75) is 6.61 Å². The number of rotatable bonds is 2. The molecule has 0 aliphatic rings. The zero-order chi connectivity index (χ0) is 11.7. The Bertz CT molecular complexity index is 644. The predicted molar refractivity (Wildman–Crippen MR) is 65.3 cm³/mol. The third kappa shape index (κ3) is 1.61. The molecule has 0 atom stereocenters. The lowest BCUT2D eigenvalue weighted by Crippen LogP contribution is -2.21. The van der Waals surface area contributed by atoms with Crippen molar-refractivity contribution in [3.8, 4) is 11.4 Å². The summed E-state index contributed by atoms with van der Waals surface area (Å²) in [6.45, 7) is 0.0142. The van der Waals surface area contributed by atoms with E-state index in [4.69, 9.17) is 0 Å². The van der Waals surface area contributed by atoms with Crippen molar-refractivity contribution >= 4 is 5.52 Å². The quantitative estimate of drug-likeness (QED) is 0.643. The summed E-state index contributed by atoms with van der Waals surface area (Å²) >= 11 is 0. The lowest BCUT2D eigenvalue weighted by molar-refractivity contribution is -0.498. The molecule has 3 aromatic rings. The molecule has 1 aromatic carbocycles. The first-order valence-electron chi connectivity index (χ1n) is 5.57. The second-order valence-corrected chi connectivity index (χ2v) is 3.93. The smallest absolute Gasteiger partial charge is 0.292 e. The highest BCUT2D eigenvalue weighted by Crippen LogP contribution is 2.16. The largest absolute Gasteiger partial charge is 0.388 e. The molecule has 0 spiro atoms. The minimum Gasteiger partial charge on any atom is -0.388 e. The molecular formula is C14H13N2O+. The van der Waals surface area contributed by atoms with Crippen molar-refractivity contribution in [1.82, 2.24) is 4.98 Å². The van der Waals surface area contributed by atoms with Crippen LogP contribution in [-0.4, -0.2) is 10.1 Å². The van der Waals surface area contributed by atoms with Crippen LogP contribution in [0.4, 0.5) is 0 Å². The number of H-pyrrole nitrogens is 1. The lowest BCUT2D eigenvalue weighted by atomic mass is 10.2. The van der Waals surface area contributed by atoms with Crippen LogP contribution in [0.3, 0.4) is 0 Å². The van der Waals surface area contributed by atoms with E-state index in [1.807, 2.05) is 54.7 Å². The molecule has 0 radical (unpaired) electrons. The number of hydrogen-bond acceptors (Lipinski definition) is 1. The second-order valence-electron chi connectivity index (χ2n) is 3.93. The summed E-state index contributed by atoms with van der Waals surface area (Å²) in [6, 6.07) is 16.0. The van der Waals surface area contributed by atoms with E-state index in [1.54, 1.807) is 0 Å². The van der Waals surface area contributed by atoms with Crippen LogP contribution in [0.15, 0.2) is 54.7 Å². The molecular weight excluding hydrogens is 212 g/mol. The van der Waals surface area contributed by atoms with Gasteiger partial charge in [0.2, 0.25) is 0 Å². The number of aromatic amines is 1. The first kappa shape index (κ1) is 10.1. The Kier molecular flexibility index (Phi) is 2.38. The van der Waals surface area contributed by atoms with Gasteiger partial charge < -0.3 is 5.11 Å². The van der Waals surface area contributed by atoms with E-state index in [2.05, 4.69) is 9.38 Å². The molecule has 0 bridgehead atoms. The molecule has 2 N–H and O–H groups in total. The number of nitrogens with zero attached hydrogens (tertiary/aromatic N) is 1. The molecule has 0 unspecified atom stereocenters. The highest BCUT2D eigenvalue weighted by Gasteiger charge is 2.18. The van der Waals surface area contributed by atoms with Gasteiger partial charge in [-0.15, -0.1) is 0 Å². The fourth-order valence-electron chi connectivity index (χ4n) is 2.08. The van der Waals surface area contributed by atoms with E-state index in [0.29, 0.717) is 0 Å². The van der Waals surface area contributed by atoms with E-state index >= 15 is 0 Å². The lowest BCUT2D eigenvalue weighted by Gasteiger charge is -1.93. The Hall–Kier alpha value is -2.13. The molecule has 0 fully saturated rings. The number of aliphatic hydroxyl groups is 1. The molecule has 17 heavy (non-hydrogen) atoms. The van der Waals surface area contributed by atoms with Crippen molar-refractivity contribution in [3.63, 3.8) is 0 Å². The van der Waals surface area contributed by atoms with E-state index in [9.17, 15) is 5.11 Å². The third-order valence-electron chi connectivity index (χ3n) is 2.88. The van der Waals surface area contributed by atoms with Crippen molar-refractivity contribution in [2.24, 2.45) is 0 Å². The molecule has 2 heterocycles. The number of hydrogen-bond donors (Lipinski definition) is 2. The highest BCUT2D eigenvalue weighted by molar-refractivity contribution is 5.57. The first-order valence-corrected chi connectivity index (χ1v) is 5.57. The topological polar surface area (TPSA) is 40.1 Å². The van der Waals surface area contributed by atoms with E-state index in [1.165, 1.54) is 0 Å². The molecule has 3 rings (SSSR count). The number of fused-ring (bicyclic) bond motifs is 1. The van der Waals surface area contributed by atoms with Crippen LogP contribution in [0.1, 0.15) is 5.69 Å². The van der Waals surface area contributed by atoms with Gasteiger partial charge in [-0.1, -0.05) is 24.3 Å². The number of pyridine rings is 1. The van der Waals surface area contributed by atoms with Gasteiger partial charge in [0, 0.05) is 0 Å². The summed E-state index contributed by atoms with van der Waals surface area (Å²) in [7, 11) is 0. The van der Waals surface area contributed by atoms with Crippen LogP contribution < -0.4 is 4.40 Å². The predicted octanol–water partition coefficient (Wildman–Crippen LogP) is 1.91. The Morgan fingerprint density at radius 1 is 1.00 bits per heavy atom. The van der Waals surface area contributed by atoms with Gasteiger partial charge in [0.25, 0.3) is 5.82 Å². The molecule has 0 aliphatic heterocycles. The van der Waals surface area contributed by atoms with Gasteiger partial charge in [0.1, 0.15) is 6.61 Å². The summed E-state index contributed by atoms with van der Waals surface area (Å²) in [6.07, 6.45) is 1.99. The average Bonchev–Trinajstić information content (AvgIpc) is 2.78. The maximum Gasteiger partial charge on any atom is 0.292 e. The van der Waals surface area contributed by atoms with Crippen molar-refractivity contribution in [1.29, 1.82) is 0 Å². The van der Waals surface area contributed by atoms with Crippen LogP contribution >= 0.6 is 0 Å². The Morgan fingerprint density at radius 2 is 1.76 bits per heavy atom. The minimum absolute atomic E-state index is 0.0142. The normalized spacial score (nSPS) is 10.9. The number of benzene rings is 1. The van der Waals surface area contributed by atoms with Gasteiger partial charge in [-0.25, -0.2) is 4.98 Å². The van der Waals surface area contributed by atoms with Crippen LogP contribution in [0.25, 0.3) is 16.9 Å². The number of nitrogens with one attached hydrogen (secondary N) is 1. The maximum atomic E-state index is 9.35. The Morgan fingerprint density at radius 3 is 2.53 bits per heavy atom. The van der Waals surface area contributed by atoms with Gasteiger partial charge >= 0.3 is 0 Å². The minimum atomic E-state index is 0.0142. The molecule has 0 amide bonds. The third-order valence-corrected chi connectivity index (χ3v) is 2.88. The summed E-state index contributed by atoms with van der Waals surface area (Å²) in [5, 5.41) is 9.35. The van der Waals surface area contributed by atoms with E-state index in [-0.39, 0.29) is 6.61 Å². The monoisotopic (exact) mass is 225 g/mol. The summed E-state index contributed by atoms with van der Waals surface area (Å²) in [4.78, 5) is 3.27. The molecule has 0 aliphatic carbocycles. The molecule has 3 nitrogen and oxygen atoms in total. The van der Waals surface area contributed by atoms with Gasteiger partial charge in [-0.05, 0) is 24.3 Å². The van der Waals surface area contributed by atoms with Crippen LogP contribution in [-0.2, 0) is 6.61 Å². The van der Waals surface area contributed by atoms with E-state index in [0.717, 1.165) is 22.6 Å². The van der Waals surface area contributed by atoms with Gasteiger partial charge in [0.05, 0.1) is 11.8 Å². The molecule has 0 saturated heterocycles. The second kappa shape index (κ2) is 4.03. The first-order chi connectivity index (χ1) is 8.40. The van der Waals surface area contributed by atoms with Crippen molar-refractivity contribution < 1.29 is 9.51 Å². The average molecular weight is 225 g/mol. The summed E-state index contributed by atoms with van der Waals surface area (Å²) < 4.78 is 2.06. The zero-order valence-electron chi connectivity index (χ0n) is 9.30. The van der Waals surface area contributed by atoms with Gasteiger partial charge in [-0.3, -0.25) is 0 Å². The molecule has 3 heteroatoms. The van der Waals surface area contributed by atoms with Gasteiger partial charge in [0.15, 0.2) is 11.2 Å². The number of aliphatic hydroxyl groups excluding tert-OH is 1. The fraction of sp³-hybridized carbons (Fsp3) is 0.0714. The SMILES string of the molecule is OCc1[nH]c(-c2ccccc2)[n+]2ccccc12. The standard InChI is InChI=1S/C14H12N2O/c17-10-12-13-8-4-5-9-16(13)14(15-12)11-6-2-1-3-7-11/h1-9,17H,10H2/p+1. The van der Waals surface area contributed by atoms with E-state index < -0.39 is 0 Å².